The van der Waals surface area contributed by atoms with Crippen molar-refractivity contribution in [3.05, 3.63) is 29.3 Å². The average Bonchev–Trinajstić information content (AvgIpc) is 2.31. The zero-order chi connectivity index (χ0) is 13.4. The van der Waals surface area contributed by atoms with E-state index in [9.17, 15) is 9.59 Å². The molecule has 0 saturated carbocycles. The molecular weight excluding hydrogens is 274 g/mol. The fraction of sp³-hybridized carbons (Fsp3) is 0.333. The fourth-order valence-electron chi connectivity index (χ4n) is 1.22. The summed E-state index contributed by atoms with van der Waals surface area (Å²) in [7, 11) is 0. The molecule has 0 aliphatic rings. The summed E-state index contributed by atoms with van der Waals surface area (Å²) in [6.45, 7) is 0. The Kier molecular flexibility index (Phi) is 6.60. The van der Waals surface area contributed by atoms with Gasteiger partial charge < -0.3 is 10.4 Å². The molecule has 18 heavy (non-hydrogen) atoms. The van der Waals surface area contributed by atoms with Crippen LogP contribution < -0.4 is 5.32 Å². The molecule has 0 heterocycles. The molecule has 0 atom stereocenters. The molecule has 0 radical (unpaired) electrons. The average molecular weight is 288 g/mol. The van der Waals surface area contributed by atoms with Gasteiger partial charge in [-0.1, -0.05) is 11.6 Å². The first kappa shape index (κ1) is 14.9. The van der Waals surface area contributed by atoms with Crippen LogP contribution in [0.1, 0.15) is 12.8 Å². The zero-order valence-corrected chi connectivity index (χ0v) is 11.3. The van der Waals surface area contributed by atoms with Gasteiger partial charge in [0.05, 0.1) is 5.75 Å². The second-order valence-corrected chi connectivity index (χ2v) is 5.15. The predicted octanol–water partition coefficient (Wildman–Crippen LogP) is 2.88. The lowest BCUT2D eigenvalue weighted by molar-refractivity contribution is -0.137. The summed E-state index contributed by atoms with van der Waals surface area (Å²) in [6.07, 6.45) is 0.722. The number of hydrogen-bond donors (Lipinski definition) is 2. The van der Waals surface area contributed by atoms with E-state index in [0.717, 1.165) is 0 Å². The maximum Gasteiger partial charge on any atom is 0.303 e. The smallest absolute Gasteiger partial charge is 0.303 e. The highest BCUT2D eigenvalue weighted by Gasteiger charge is 2.03. The molecule has 98 valence electrons. The number of thioether (sulfide) groups is 1. The number of nitrogens with one attached hydrogen (secondary N) is 1. The summed E-state index contributed by atoms with van der Waals surface area (Å²) >= 11 is 7.15. The van der Waals surface area contributed by atoms with E-state index in [4.69, 9.17) is 16.7 Å². The number of benzene rings is 1. The van der Waals surface area contributed by atoms with Crippen molar-refractivity contribution in [2.24, 2.45) is 0 Å². The van der Waals surface area contributed by atoms with Gasteiger partial charge in [-0.3, -0.25) is 9.59 Å². The van der Waals surface area contributed by atoms with E-state index in [1.165, 1.54) is 11.8 Å². The number of halogens is 1. The number of rotatable bonds is 7. The van der Waals surface area contributed by atoms with Crippen LogP contribution in [0.2, 0.25) is 5.02 Å². The number of aliphatic carboxylic acids is 1. The van der Waals surface area contributed by atoms with Gasteiger partial charge in [0.2, 0.25) is 5.91 Å². The highest BCUT2D eigenvalue weighted by molar-refractivity contribution is 7.99. The van der Waals surface area contributed by atoms with Crippen LogP contribution in [0.25, 0.3) is 0 Å². The second-order valence-electron chi connectivity index (χ2n) is 3.60. The van der Waals surface area contributed by atoms with Gasteiger partial charge in [-0.15, -0.1) is 0 Å². The summed E-state index contributed by atoms with van der Waals surface area (Å²) in [5.41, 5.74) is 0.704. The van der Waals surface area contributed by atoms with Crippen molar-refractivity contribution in [2.45, 2.75) is 12.8 Å². The molecule has 1 aromatic carbocycles. The van der Waals surface area contributed by atoms with Crippen molar-refractivity contribution >= 4 is 40.9 Å². The number of anilines is 1. The van der Waals surface area contributed by atoms with Crippen LogP contribution in [-0.2, 0) is 9.59 Å². The summed E-state index contributed by atoms with van der Waals surface area (Å²) in [5.74, 6) is 0.0848. The highest BCUT2D eigenvalue weighted by Crippen LogP contribution is 2.14. The Morgan fingerprint density at radius 3 is 2.56 bits per heavy atom. The zero-order valence-electron chi connectivity index (χ0n) is 9.69. The fourth-order valence-corrected chi connectivity index (χ4v) is 2.10. The summed E-state index contributed by atoms with van der Waals surface area (Å²) in [5, 5.41) is 11.8. The van der Waals surface area contributed by atoms with Gasteiger partial charge in [0.1, 0.15) is 0 Å². The minimum atomic E-state index is -0.804. The van der Waals surface area contributed by atoms with E-state index in [2.05, 4.69) is 5.32 Å². The Morgan fingerprint density at radius 1 is 1.28 bits per heavy atom. The van der Waals surface area contributed by atoms with E-state index in [-0.39, 0.29) is 12.3 Å². The predicted molar refractivity (Wildman–Crippen MR) is 74.3 cm³/mol. The summed E-state index contributed by atoms with van der Waals surface area (Å²) in [4.78, 5) is 21.8. The topological polar surface area (TPSA) is 66.4 Å². The van der Waals surface area contributed by atoms with Crippen molar-refractivity contribution in [3.8, 4) is 0 Å². The minimum absolute atomic E-state index is 0.0994. The lowest BCUT2D eigenvalue weighted by Crippen LogP contribution is -2.14. The third-order valence-corrected chi connectivity index (χ3v) is 3.34. The molecular formula is C12H14ClNO3S. The van der Waals surface area contributed by atoms with Crippen molar-refractivity contribution in [1.82, 2.24) is 0 Å². The van der Waals surface area contributed by atoms with Crippen LogP contribution in [-0.4, -0.2) is 28.5 Å². The first-order chi connectivity index (χ1) is 8.58. The van der Waals surface area contributed by atoms with E-state index in [0.29, 0.717) is 28.6 Å². The van der Waals surface area contributed by atoms with Crippen LogP contribution in [0.15, 0.2) is 24.3 Å². The normalized spacial score (nSPS) is 10.1. The Labute approximate surface area is 115 Å². The number of carbonyl (C=O) groups is 2. The molecule has 0 spiro atoms. The maximum atomic E-state index is 11.5. The van der Waals surface area contributed by atoms with Crippen molar-refractivity contribution < 1.29 is 14.7 Å². The van der Waals surface area contributed by atoms with Gasteiger partial charge in [-0.05, 0) is 36.4 Å². The van der Waals surface area contributed by atoms with Crippen LogP contribution in [0.4, 0.5) is 5.69 Å². The summed E-state index contributed by atoms with van der Waals surface area (Å²) < 4.78 is 0. The first-order valence-corrected chi connectivity index (χ1v) is 6.96. The third-order valence-electron chi connectivity index (χ3n) is 2.04. The Hall–Kier alpha value is -1.20. The molecule has 0 fully saturated rings. The SMILES string of the molecule is O=C(O)CCCSCC(=O)Nc1ccc(Cl)cc1. The third kappa shape index (κ3) is 6.51. The van der Waals surface area contributed by atoms with E-state index in [1.807, 2.05) is 0 Å². The van der Waals surface area contributed by atoms with Gasteiger partial charge in [-0.25, -0.2) is 0 Å². The molecule has 4 nitrogen and oxygen atoms in total. The number of carbonyl (C=O) groups excluding carboxylic acids is 1. The molecule has 0 bridgehead atoms. The van der Waals surface area contributed by atoms with E-state index >= 15 is 0 Å². The quantitative estimate of drug-likeness (QED) is 0.757. The lowest BCUT2D eigenvalue weighted by Gasteiger charge is -2.04. The van der Waals surface area contributed by atoms with Gasteiger partial charge in [0, 0.05) is 17.1 Å². The maximum absolute atomic E-state index is 11.5. The molecule has 6 heteroatoms. The van der Waals surface area contributed by atoms with Gasteiger partial charge in [-0.2, -0.15) is 11.8 Å². The van der Waals surface area contributed by atoms with E-state index < -0.39 is 5.97 Å². The molecule has 0 aromatic heterocycles. The number of carboxylic acid groups (broad SMARTS) is 1. The standard InChI is InChI=1S/C12H14ClNO3S/c13-9-3-5-10(6-4-9)14-11(15)8-18-7-1-2-12(16)17/h3-6H,1-2,7-8H2,(H,14,15)(H,16,17). The second kappa shape index (κ2) is 8.00. The first-order valence-electron chi connectivity index (χ1n) is 5.43. The molecule has 2 N–H and O–H groups in total. The van der Waals surface area contributed by atoms with Crippen LogP contribution >= 0.6 is 23.4 Å². The molecule has 1 rings (SSSR count). The number of carboxylic acids is 1. The molecule has 0 aliphatic heterocycles. The monoisotopic (exact) mass is 287 g/mol. The molecule has 0 saturated heterocycles. The van der Waals surface area contributed by atoms with Crippen LogP contribution in [0, 0.1) is 0 Å². The van der Waals surface area contributed by atoms with Crippen molar-refractivity contribution in [1.29, 1.82) is 0 Å². The van der Waals surface area contributed by atoms with Gasteiger partial charge >= 0.3 is 5.97 Å². The van der Waals surface area contributed by atoms with Crippen molar-refractivity contribution in [2.75, 3.05) is 16.8 Å². The molecule has 0 unspecified atom stereocenters. The molecule has 0 aliphatic carbocycles. The van der Waals surface area contributed by atoms with Gasteiger partial charge in [0.25, 0.3) is 0 Å². The Balaban J connectivity index is 2.17. The number of amides is 1. The molecule has 1 aromatic rings. The van der Waals surface area contributed by atoms with Crippen LogP contribution in [0.5, 0.6) is 0 Å². The van der Waals surface area contributed by atoms with Crippen LogP contribution in [0.3, 0.4) is 0 Å². The highest BCUT2D eigenvalue weighted by atomic mass is 35.5. The Bertz CT molecular complexity index is 408. The minimum Gasteiger partial charge on any atom is -0.481 e. The summed E-state index contributed by atoms with van der Waals surface area (Å²) in [6, 6.07) is 6.87. The Morgan fingerprint density at radius 2 is 1.94 bits per heavy atom. The van der Waals surface area contributed by atoms with E-state index in [1.54, 1.807) is 24.3 Å². The van der Waals surface area contributed by atoms with Gasteiger partial charge in [0.15, 0.2) is 0 Å². The van der Waals surface area contributed by atoms with Crippen molar-refractivity contribution in [3.63, 3.8) is 0 Å². The molecule has 1 amide bonds. The largest absolute Gasteiger partial charge is 0.481 e. The lowest BCUT2D eigenvalue weighted by atomic mass is 10.3. The number of hydrogen-bond acceptors (Lipinski definition) is 3.